The van der Waals surface area contributed by atoms with Gasteiger partial charge in [0.1, 0.15) is 16.5 Å². The second-order valence-electron chi connectivity index (χ2n) is 4.09. The Morgan fingerprint density at radius 2 is 1.73 bits per heavy atom. The van der Waals surface area contributed by atoms with Crippen LogP contribution in [0.1, 0.15) is 5.56 Å². The summed E-state index contributed by atoms with van der Waals surface area (Å²) in [7, 11) is -4.23. The Bertz CT molecular complexity index is 761. The van der Waals surface area contributed by atoms with Gasteiger partial charge in [-0.1, -0.05) is 12.1 Å². The monoisotopic (exact) mass is 335 g/mol. The molecule has 0 saturated carbocycles. The number of pyridine rings is 1. The maximum absolute atomic E-state index is 13.4. The van der Waals surface area contributed by atoms with E-state index in [4.69, 9.17) is 0 Å². The van der Waals surface area contributed by atoms with E-state index in [2.05, 4.69) is 10.4 Å². The van der Waals surface area contributed by atoms with Gasteiger partial charge in [0, 0.05) is 6.20 Å². The van der Waals surface area contributed by atoms with Crippen LogP contribution >= 0.6 is 0 Å². The molecule has 0 amide bonds. The smallest absolute Gasteiger partial charge is 0.292 e. The van der Waals surface area contributed by atoms with Gasteiger partial charge in [-0.05, 0) is 24.3 Å². The fraction of sp³-hybridized carbons (Fsp3) is 0.0833. The number of nitrogens with zero attached hydrogens (tertiary/aromatic N) is 1. The Morgan fingerprint density at radius 3 is 2.27 bits per heavy atom. The number of nitrogens with one attached hydrogen (secondary N) is 2. The highest BCUT2D eigenvalue weighted by molar-refractivity contribution is 7.89. The van der Waals surface area contributed by atoms with Gasteiger partial charge in [-0.3, -0.25) is 5.43 Å². The van der Waals surface area contributed by atoms with Crippen molar-refractivity contribution in [2.75, 3.05) is 5.43 Å². The quantitative estimate of drug-likeness (QED) is 0.665. The van der Waals surface area contributed by atoms with Gasteiger partial charge in [-0.25, -0.2) is 17.8 Å². The van der Waals surface area contributed by atoms with E-state index in [0.29, 0.717) is 6.20 Å². The summed E-state index contributed by atoms with van der Waals surface area (Å²) >= 11 is 0. The number of benzene rings is 1. The number of sulfonamides is 1. The van der Waals surface area contributed by atoms with Crippen LogP contribution in [0, 0.1) is 5.82 Å². The zero-order valence-electron chi connectivity index (χ0n) is 10.7. The van der Waals surface area contributed by atoms with Crippen LogP contribution in [0.15, 0.2) is 47.5 Å². The summed E-state index contributed by atoms with van der Waals surface area (Å²) in [6, 6.07) is 6.32. The first kappa shape index (κ1) is 16.2. The number of hydrogen-bond donors (Lipinski definition) is 2. The van der Waals surface area contributed by atoms with E-state index in [-0.39, 0.29) is 5.82 Å². The van der Waals surface area contributed by atoms with E-state index in [9.17, 15) is 26.0 Å². The highest BCUT2D eigenvalue weighted by atomic mass is 32.2. The van der Waals surface area contributed by atoms with Crippen LogP contribution in [0.2, 0.25) is 0 Å². The van der Waals surface area contributed by atoms with E-state index < -0.39 is 32.5 Å². The van der Waals surface area contributed by atoms with E-state index in [1.807, 2.05) is 4.83 Å². The minimum atomic E-state index is -4.54. The maximum Gasteiger partial charge on any atom is 0.417 e. The van der Waals surface area contributed by atoms with Gasteiger partial charge in [0.2, 0.25) is 0 Å². The fourth-order valence-electron chi connectivity index (χ4n) is 1.47. The first-order chi connectivity index (χ1) is 10.2. The average molecular weight is 335 g/mol. The van der Waals surface area contributed by atoms with Gasteiger partial charge in [0.05, 0.1) is 5.56 Å². The molecule has 2 rings (SSSR count). The Hall–Kier alpha value is -2.20. The molecule has 1 heterocycles. The Labute approximate surface area is 123 Å². The number of aromatic nitrogens is 1. The van der Waals surface area contributed by atoms with Crippen molar-refractivity contribution in [3.8, 4) is 0 Å². The molecule has 0 atom stereocenters. The highest BCUT2D eigenvalue weighted by Crippen LogP contribution is 2.28. The number of alkyl halides is 3. The van der Waals surface area contributed by atoms with E-state index >= 15 is 0 Å². The molecule has 1 aromatic heterocycles. The molecule has 0 spiro atoms. The van der Waals surface area contributed by atoms with Crippen LogP contribution in [0.25, 0.3) is 0 Å². The van der Waals surface area contributed by atoms with Gasteiger partial charge in [0.25, 0.3) is 10.0 Å². The van der Waals surface area contributed by atoms with Crippen LogP contribution < -0.4 is 10.3 Å². The Morgan fingerprint density at radius 1 is 1.05 bits per heavy atom. The van der Waals surface area contributed by atoms with Crippen molar-refractivity contribution in [1.29, 1.82) is 0 Å². The molecule has 118 valence electrons. The lowest BCUT2D eigenvalue weighted by Crippen LogP contribution is -2.30. The minimum absolute atomic E-state index is 0.173. The predicted octanol–water partition coefficient (Wildman–Crippen LogP) is 2.54. The van der Waals surface area contributed by atoms with Crippen molar-refractivity contribution in [3.05, 3.63) is 54.0 Å². The molecule has 0 aliphatic heterocycles. The number of rotatable bonds is 4. The van der Waals surface area contributed by atoms with Gasteiger partial charge in [-0.15, -0.1) is 4.83 Å². The molecule has 0 bridgehead atoms. The minimum Gasteiger partial charge on any atom is -0.292 e. The van der Waals surface area contributed by atoms with Crippen molar-refractivity contribution in [2.45, 2.75) is 11.1 Å². The summed E-state index contributed by atoms with van der Waals surface area (Å²) in [6.07, 6.45) is -4.00. The normalized spacial score (nSPS) is 12.2. The maximum atomic E-state index is 13.4. The van der Waals surface area contributed by atoms with E-state index in [0.717, 1.165) is 24.3 Å². The summed E-state index contributed by atoms with van der Waals surface area (Å²) in [4.78, 5) is 4.64. The first-order valence-corrected chi connectivity index (χ1v) is 7.24. The van der Waals surface area contributed by atoms with Crippen molar-refractivity contribution < 1.29 is 26.0 Å². The molecule has 5 nitrogen and oxygen atoms in total. The van der Waals surface area contributed by atoms with Crippen LogP contribution in [0.5, 0.6) is 0 Å². The number of hydrogen-bond acceptors (Lipinski definition) is 4. The molecule has 0 aliphatic rings. The first-order valence-electron chi connectivity index (χ1n) is 5.76. The average Bonchev–Trinajstić information content (AvgIpc) is 2.45. The zero-order chi connectivity index (χ0) is 16.4. The van der Waals surface area contributed by atoms with Crippen LogP contribution in [-0.2, 0) is 16.2 Å². The molecule has 0 unspecified atom stereocenters. The lowest BCUT2D eigenvalue weighted by Gasteiger charge is -2.10. The second-order valence-corrected chi connectivity index (χ2v) is 5.74. The third-order valence-electron chi connectivity index (χ3n) is 2.53. The third kappa shape index (κ3) is 3.71. The number of halogens is 4. The van der Waals surface area contributed by atoms with Gasteiger partial charge in [-0.2, -0.15) is 13.2 Å². The van der Waals surface area contributed by atoms with Crippen LogP contribution in [0.3, 0.4) is 0 Å². The summed E-state index contributed by atoms with van der Waals surface area (Å²) < 4.78 is 74.1. The SMILES string of the molecule is O=S(=O)(NNc1ccc(C(F)(F)F)cn1)c1ccccc1F. The standard InChI is InChI=1S/C12H9F4N3O2S/c13-9-3-1-2-4-10(9)22(20,21)19-18-11-6-5-8(7-17-11)12(14,15)16/h1-7,19H,(H,17,18). The molecule has 10 heteroatoms. The van der Waals surface area contributed by atoms with Crippen molar-refractivity contribution in [3.63, 3.8) is 0 Å². The Balaban J connectivity index is 2.11. The number of anilines is 1. The third-order valence-corrected chi connectivity index (χ3v) is 3.81. The molecular weight excluding hydrogens is 326 g/mol. The van der Waals surface area contributed by atoms with E-state index in [1.165, 1.54) is 12.1 Å². The molecule has 0 aliphatic carbocycles. The predicted molar refractivity (Wildman–Crippen MR) is 69.6 cm³/mol. The Kier molecular flexibility index (Phi) is 4.33. The molecule has 0 fully saturated rings. The molecule has 0 saturated heterocycles. The molecule has 0 radical (unpaired) electrons. The molecular formula is C12H9F4N3O2S. The lowest BCUT2D eigenvalue weighted by molar-refractivity contribution is -0.137. The van der Waals surface area contributed by atoms with Crippen molar-refractivity contribution in [2.24, 2.45) is 0 Å². The number of hydrazine groups is 1. The van der Waals surface area contributed by atoms with Gasteiger partial charge >= 0.3 is 6.18 Å². The molecule has 2 N–H and O–H groups in total. The highest BCUT2D eigenvalue weighted by Gasteiger charge is 2.30. The summed E-state index contributed by atoms with van der Waals surface area (Å²) in [5.74, 6) is -1.13. The molecule has 2 aromatic rings. The van der Waals surface area contributed by atoms with Gasteiger partial charge < -0.3 is 0 Å². The van der Waals surface area contributed by atoms with Crippen LogP contribution in [0.4, 0.5) is 23.4 Å². The topological polar surface area (TPSA) is 71.1 Å². The second kappa shape index (κ2) is 5.89. The molecule has 22 heavy (non-hydrogen) atoms. The summed E-state index contributed by atoms with van der Waals surface area (Å²) in [5, 5.41) is 0. The van der Waals surface area contributed by atoms with Crippen LogP contribution in [-0.4, -0.2) is 13.4 Å². The van der Waals surface area contributed by atoms with Gasteiger partial charge in [0.15, 0.2) is 0 Å². The zero-order valence-corrected chi connectivity index (χ0v) is 11.5. The fourth-order valence-corrected chi connectivity index (χ4v) is 2.40. The largest absolute Gasteiger partial charge is 0.417 e. The summed E-state index contributed by atoms with van der Waals surface area (Å²) in [6.45, 7) is 0. The van der Waals surface area contributed by atoms with Crippen molar-refractivity contribution in [1.82, 2.24) is 9.82 Å². The lowest BCUT2D eigenvalue weighted by atomic mass is 10.3. The van der Waals surface area contributed by atoms with Crippen molar-refractivity contribution >= 4 is 15.8 Å². The van der Waals surface area contributed by atoms with E-state index in [1.54, 1.807) is 0 Å². The summed E-state index contributed by atoms with van der Waals surface area (Å²) in [5.41, 5.74) is 1.13. The molecule has 1 aromatic carbocycles.